The van der Waals surface area contributed by atoms with Crippen LogP contribution in [-0.2, 0) is 11.9 Å². The number of nitrogens with zero attached hydrogens (tertiary/aromatic N) is 5. The summed E-state index contributed by atoms with van der Waals surface area (Å²) in [6.07, 6.45) is 0. The van der Waals surface area contributed by atoms with Crippen LogP contribution in [0.2, 0.25) is 0 Å². The van der Waals surface area contributed by atoms with Crippen molar-refractivity contribution in [3.05, 3.63) is 63.6 Å². The first-order chi connectivity index (χ1) is 16.7. The Bertz CT molecular complexity index is 1370. The highest BCUT2D eigenvalue weighted by atomic mass is 19.1. The molecule has 4 rings (SSSR count). The molecule has 1 aromatic carbocycles. The molecule has 0 spiro atoms. The average Bonchev–Trinajstić information content (AvgIpc) is 2.84. The van der Waals surface area contributed by atoms with Gasteiger partial charge in [-0.05, 0) is 39.0 Å². The minimum absolute atomic E-state index is 0.0585. The van der Waals surface area contributed by atoms with Crippen molar-refractivity contribution < 1.29 is 18.6 Å². The third-order valence-electron chi connectivity index (χ3n) is 6.70. The Hall–Kier alpha value is -3.55. The maximum atomic E-state index is 14.8. The van der Waals surface area contributed by atoms with Crippen LogP contribution < -0.4 is 15.3 Å². The van der Waals surface area contributed by atoms with E-state index in [9.17, 15) is 18.8 Å². The van der Waals surface area contributed by atoms with Crippen LogP contribution >= 0.6 is 0 Å². The van der Waals surface area contributed by atoms with Gasteiger partial charge in [-0.2, -0.15) is 10.1 Å². The predicted octanol–water partition coefficient (Wildman–Crippen LogP) is 3.68. The normalized spacial score (nSPS) is 19.5. The summed E-state index contributed by atoms with van der Waals surface area (Å²) in [4.78, 5) is 30.5. The number of anilines is 1. The van der Waals surface area contributed by atoms with Gasteiger partial charge in [-0.15, -0.1) is 0 Å². The zero-order valence-corrected chi connectivity index (χ0v) is 20.2. The van der Waals surface area contributed by atoms with Gasteiger partial charge in [-0.1, -0.05) is 0 Å². The van der Waals surface area contributed by atoms with Gasteiger partial charge in [0.25, 0.3) is 5.56 Å². The van der Waals surface area contributed by atoms with Crippen molar-refractivity contribution in [3.8, 4) is 11.8 Å². The van der Waals surface area contributed by atoms with E-state index in [0.29, 0.717) is 29.8 Å². The number of benzene rings is 1. The molecule has 184 valence electrons. The number of aromatic nitrogens is 2. The molecule has 0 bridgehead atoms. The van der Waals surface area contributed by atoms with Crippen LogP contribution in [0.15, 0.2) is 35.1 Å². The fourth-order valence-electron chi connectivity index (χ4n) is 4.82. The number of hydrogen-bond donors (Lipinski definition) is 0. The highest BCUT2D eigenvalue weighted by Crippen LogP contribution is 2.34. The Labute approximate surface area is 201 Å². The van der Waals surface area contributed by atoms with Crippen LogP contribution in [0.3, 0.4) is 0 Å². The number of aryl methyl sites for hydroxylation is 1. The minimum Gasteiger partial charge on any atom is -0.364 e. The second-order valence-corrected chi connectivity index (χ2v) is 8.88. The van der Waals surface area contributed by atoms with Crippen molar-refractivity contribution in [2.45, 2.75) is 38.9 Å². The number of pyridine rings is 2. The van der Waals surface area contributed by atoms with Crippen LogP contribution in [-0.4, -0.2) is 46.7 Å². The fraction of sp³-hybridized carbons (Fsp3) is 0.400. The highest BCUT2D eigenvalue weighted by Gasteiger charge is 2.35. The highest BCUT2D eigenvalue weighted by molar-refractivity contribution is 5.89. The van der Waals surface area contributed by atoms with Gasteiger partial charge in [0.05, 0.1) is 18.3 Å². The molecule has 0 radical (unpaired) electrons. The van der Waals surface area contributed by atoms with Gasteiger partial charge >= 0.3 is 0 Å². The first-order valence-electron chi connectivity index (χ1n) is 11.3. The molecule has 3 atom stereocenters. The van der Waals surface area contributed by atoms with E-state index >= 15 is 0 Å². The summed E-state index contributed by atoms with van der Waals surface area (Å²) in [5, 5.41) is 9.34. The molecule has 1 aliphatic rings. The van der Waals surface area contributed by atoms with E-state index in [1.807, 2.05) is 20.8 Å². The molecule has 8 nitrogen and oxygen atoms in total. The second-order valence-electron chi connectivity index (χ2n) is 8.88. The molecule has 10 heteroatoms. The molecule has 1 aliphatic heterocycles. The molecule has 2 aromatic heterocycles. The third-order valence-corrected chi connectivity index (χ3v) is 6.70. The van der Waals surface area contributed by atoms with Crippen LogP contribution in [0.4, 0.5) is 14.5 Å². The number of halogens is 2. The van der Waals surface area contributed by atoms with Gasteiger partial charge in [0, 0.05) is 56.0 Å². The summed E-state index contributed by atoms with van der Waals surface area (Å²) >= 11 is 0. The fourth-order valence-corrected chi connectivity index (χ4v) is 4.82. The largest absolute Gasteiger partial charge is 0.364 e. The molecule has 0 saturated carbocycles. The van der Waals surface area contributed by atoms with Crippen molar-refractivity contribution in [2.24, 2.45) is 7.05 Å². The van der Waals surface area contributed by atoms with E-state index in [1.165, 1.54) is 11.7 Å². The Morgan fingerprint density at radius 3 is 2.57 bits per heavy atom. The van der Waals surface area contributed by atoms with E-state index in [4.69, 9.17) is 0 Å². The molecule has 3 heterocycles. The van der Waals surface area contributed by atoms with Gasteiger partial charge in [0.2, 0.25) is 5.75 Å². The smallest absolute Gasteiger partial charge is 0.252 e. The zero-order chi connectivity index (χ0) is 25.4. The number of hydrogen-bond acceptors (Lipinski definition) is 7. The van der Waals surface area contributed by atoms with Crippen LogP contribution in [0.25, 0.3) is 11.0 Å². The van der Waals surface area contributed by atoms with Crippen molar-refractivity contribution >= 4 is 16.7 Å². The first kappa shape index (κ1) is 24.6. The number of piperazine rings is 1. The summed E-state index contributed by atoms with van der Waals surface area (Å²) < 4.78 is 30.8. The monoisotopic (exact) mass is 483 g/mol. The molecule has 0 aliphatic carbocycles. The Balaban J connectivity index is 1.67. The van der Waals surface area contributed by atoms with Crippen molar-refractivity contribution in [1.29, 1.82) is 5.26 Å². The quantitative estimate of drug-likeness (QED) is 0.404. The molecular weight excluding hydrogens is 456 g/mol. The topological polar surface area (TPSA) is 83.6 Å². The van der Waals surface area contributed by atoms with Gasteiger partial charge in [0.15, 0.2) is 5.82 Å². The van der Waals surface area contributed by atoms with Gasteiger partial charge in [0.1, 0.15) is 23.1 Å². The number of fused-ring (bicyclic) bond motifs is 1. The standard InChI is InChI=1S/C25H27F2N5O3/c1-14-13-32(22-10-24(33)30(4)21-7-6-17(11-28)29-25(21)22)15(2)12-31(14)16(3)18-8-20(27)23(35-34-5)9-19(18)26/h6-10,14-16H,12-13H2,1-5H3/t14-,15+,16?/m1/s1. The van der Waals surface area contributed by atoms with E-state index < -0.39 is 17.7 Å². The minimum atomic E-state index is -0.708. The Morgan fingerprint density at radius 1 is 1.14 bits per heavy atom. The number of nitriles is 1. The van der Waals surface area contributed by atoms with Crippen LogP contribution in [0.1, 0.15) is 38.1 Å². The molecular formula is C25H27F2N5O3. The Morgan fingerprint density at radius 2 is 1.89 bits per heavy atom. The number of rotatable bonds is 5. The zero-order valence-electron chi connectivity index (χ0n) is 20.2. The van der Waals surface area contributed by atoms with Gasteiger partial charge < -0.3 is 14.4 Å². The summed E-state index contributed by atoms with van der Waals surface area (Å²) in [5.74, 6) is -1.60. The third kappa shape index (κ3) is 4.45. The average molecular weight is 484 g/mol. The first-order valence-corrected chi connectivity index (χ1v) is 11.3. The summed E-state index contributed by atoms with van der Waals surface area (Å²) in [6.45, 7) is 6.91. The molecule has 0 N–H and O–H groups in total. The predicted molar refractivity (Wildman–Crippen MR) is 127 cm³/mol. The summed E-state index contributed by atoms with van der Waals surface area (Å²) in [7, 11) is 2.89. The van der Waals surface area contributed by atoms with Crippen LogP contribution in [0.5, 0.6) is 5.75 Å². The maximum Gasteiger partial charge on any atom is 0.252 e. The SMILES string of the molecule is COOc1cc(F)c(C(C)N2C[C@H](C)N(c3cc(=O)n(C)c4ccc(C#N)nc34)C[C@H]2C)cc1F. The molecule has 1 unspecified atom stereocenters. The lowest BCUT2D eigenvalue weighted by molar-refractivity contribution is -0.180. The lowest BCUT2D eigenvalue weighted by Gasteiger charge is -2.47. The van der Waals surface area contributed by atoms with E-state index in [1.54, 1.807) is 25.2 Å². The molecule has 3 aromatic rings. The molecule has 0 amide bonds. The lowest BCUT2D eigenvalue weighted by atomic mass is 9.99. The van der Waals surface area contributed by atoms with Crippen molar-refractivity contribution in [1.82, 2.24) is 14.5 Å². The van der Waals surface area contributed by atoms with Crippen LogP contribution in [0, 0.1) is 23.0 Å². The lowest BCUT2D eigenvalue weighted by Crippen LogP contribution is -2.57. The second kappa shape index (κ2) is 9.60. The van der Waals surface area contributed by atoms with E-state index in [0.717, 1.165) is 12.1 Å². The van der Waals surface area contributed by atoms with Crippen molar-refractivity contribution in [2.75, 3.05) is 25.1 Å². The van der Waals surface area contributed by atoms with E-state index in [-0.39, 0.29) is 34.6 Å². The van der Waals surface area contributed by atoms with Gasteiger partial charge in [-0.25, -0.2) is 13.8 Å². The maximum absolute atomic E-state index is 14.8. The molecule has 1 saturated heterocycles. The van der Waals surface area contributed by atoms with E-state index in [2.05, 4.69) is 30.6 Å². The van der Waals surface area contributed by atoms with Gasteiger partial charge in [-0.3, -0.25) is 9.69 Å². The molecule has 35 heavy (non-hydrogen) atoms. The van der Waals surface area contributed by atoms with Crippen molar-refractivity contribution in [3.63, 3.8) is 0 Å². The summed E-state index contributed by atoms with van der Waals surface area (Å²) in [5.41, 5.74) is 2.18. The molecule has 1 fully saturated rings. The summed E-state index contributed by atoms with van der Waals surface area (Å²) in [6, 6.07) is 8.50. The Kier molecular flexibility index (Phi) is 6.74.